The molecule has 1 aliphatic heterocycles. The molecular weight excluding hydrogens is 222 g/mol. The highest BCUT2D eigenvalue weighted by Gasteiger charge is 2.38. The fourth-order valence-corrected chi connectivity index (χ4v) is 2.04. The predicted molar refractivity (Wildman–Crippen MR) is 62.4 cm³/mol. The summed E-state index contributed by atoms with van der Waals surface area (Å²) in [5.74, 6) is -0.499. The lowest BCUT2D eigenvalue weighted by Gasteiger charge is -2.23. The third kappa shape index (κ3) is 3.70. The van der Waals surface area contributed by atoms with Gasteiger partial charge >= 0.3 is 11.9 Å². The Balaban J connectivity index is 2.71. The number of carbonyl (C=O) groups is 2. The van der Waals surface area contributed by atoms with Crippen molar-refractivity contribution in [3.8, 4) is 0 Å². The number of hydrogen-bond donors (Lipinski definition) is 0. The lowest BCUT2D eigenvalue weighted by Crippen LogP contribution is -2.47. The molecule has 1 rings (SSSR count). The summed E-state index contributed by atoms with van der Waals surface area (Å²) >= 11 is 0. The van der Waals surface area contributed by atoms with Crippen LogP contribution in [0.4, 0.5) is 0 Å². The lowest BCUT2D eigenvalue weighted by molar-refractivity contribution is -0.163. The minimum Gasteiger partial charge on any atom is -0.464 e. The second-order valence-electron chi connectivity index (χ2n) is 4.30. The Morgan fingerprint density at radius 2 is 1.76 bits per heavy atom. The molecule has 17 heavy (non-hydrogen) atoms. The number of rotatable bonds is 5. The molecular formula is C12H21NO4. The summed E-state index contributed by atoms with van der Waals surface area (Å²) in [6, 6.07) is -0.889. The zero-order valence-electron chi connectivity index (χ0n) is 10.8. The summed E-state index contributed by atoms with van der Waals surface area (Å²) in [5.41, 5.74) is 0. The van der Waals surface area contributed by atoms with E-state index < -0.39 is 18.0 Å². The van der Waals surface area contributed by atoms with Gasteiger partial charge in [-0.3, -0.25) is 4.90 Å². The van der Waals surface area contributed by atoms with Crippen LogP contribution in [-0.2, 0) is 19.1 Å². The van der Waals surface area contributed by atoms with Crippen LogP contribution in [0.15, 0.2) is 0 Å². The van der Waals surface area contributed by atoms with Gasteiger partial charge < -0.3 is 9.47 Å². The minimum atomic E-state index is -0.889. The Bertz CT molecular complexity index is 262. The van der Waals surface area contributed by atoms with Crippen molar-refractivity contribution in [2.45, 2.75) is 33.2 Å². The van der Waals surface area contributed by atoms with E-state index in [9.17, 15) is 9.59 Å². The van der Waals surface area contributed by atoms with Crippen molar-refractivity contribution in [2.75, 3.05) is 26.3 Å². The van der Waals surface area contributed by atoms with Crippen LogP contribution in [0.5, 0.6) is 0 Å². The maximum Gasteiger partial charge on any atom is 0.335 e. The first-order chi connectivity index (χ1) is 8.10. The van der Waals surface area contributed by atoms with Gasteiger partial charge in [0.2, 0.25) is 6.04 Å². The highest BCUT2D eigenvalue weighted by Crippen LogP contribution is 2.19. The van der Waals surface area contributed by atoms with E-state index in [4.69, 9.17) is 9.47 Å². The van der Waals surface area contributed by atoms with E-state index in [1.54, 1.807) is 13.8 Å². The van der Waals surface area contributed by atoms with Crippen LogP contribution in [0.3, 0.4) is 0 Å². The fraction of sp³-hybridized carbons (Fsp3) is 0.833. The monoisotopic (exact) mass is 243 g/mol. The number of nitrogens with zero attached hydrogens (tertiary/aromatic N) is 1. The van der Waals surface area contributed by atoms with E-state index in [2.05, 4.69) is 6.92 Å². The average molecular weight is 243 g/mol. The fourth-order valence-electron chi connectivity index (χ4n) is 2.04. The molecule has 1 saturated heterocycles. The first-order valence-corrected chi connectivity index (χ1v) is 6.17. The molecule has 0 N–H and O–H groups in total. The standard InChI is InChI=1S/C12H21NO4/c1-4-16-11(14)10(12(15)17-5-2)13-7-6-9(3)8-13/h9-10H,4-8H2,1-3H3. The highest BCUT2D eigenvalue weighted by molar-refractivity contribution is 5.99. The summed E-state index contributed by atoms with van der Waals surface area (Å²) in [6.07, 6.45) is 0.995. The Morgan fingerprint density at radius 3 is 2.12 bits per heavy atom. The number of esters is 2. The molecule has 1 fully saturated rings. The zero-order chi connectivity index (χ0) is 12.8. The summed E-state index contributed by atoms with van der Waals surface area (Å²) in [6.45, 7) is 7.59. The van der Waals surface area contributed by atoms with Crippen molar-refractivity contribution in [3.63, 3.8) is 0 Å². The maximum absolute atomic E-state index is 11.8. The van der Waals surface area contributed by atoms with Gasteiger partial charge in [-0.15, -0.1) is 0 Å². The van der Waals surface area contributed by atoms with Gasteiger partial charge in [-0.25, -0.2) is 9.59 Å². The van der Waals surface area contributed by atoms with Gasteiger partial charge in [0.15, 0.2) is 0 Å². The van der Waals surface area contributed by atoms with Crippen molar-refractivity contribution >= 4 is 11.9 Å². The third-order valence-corrected chi connectivity index (χ3v) is 2.84. The molecule has 1 heterocycles. The number of ether oxygens (including phenoxy) is 2. The Morgan fingerprint density at radius 1 is 1.24 bits per heavy atom. The smallest absolute Gasteiger partial charge is 0.335 e. The topological polar surface area (TPSA) is 55.8 Å². The molecule has 1 unspecified atom stereocenters. The average Bonchev–Trinajstić information content (AvgIpc) is 2.66. The van der Waals surface area contributed by atoms with Crippen LogP contribution < -0.4 is 0 Å². The van der Waals surface area contributed by atoms with Gasteiger partial charge in [0, 0.05) is 6.54 Å². The highest BCUT2D eigenvalue weighted by atomic mass is 16.6. The molecule has 98 valence electrons. The summed E-state index contributed by atoms with van der Waals surface area (Å²) < 4.78 is 9.88. The SMILES string of the molecule is CCOC(=O)C(C(=O)OCC)N1CCC(C)C1. The molecule has 0 aromatic heterocycles. The third-order valence-electron chi connectivity index (χ3n) is 2.84. The second-order valence-corrected chi connectivity index (χ2v) is 4.30. The van der Waals surface area contributed by atoms with E-state index >= 15 is 0 Å². The summed E-state index contributed by atoms with van der Waals surface area (Å²) in [4.78, 5) is 25.4. The van der Waals surface area contributed by atoms with Crippen molar-refractivity contribution in [1.29, 1.82) is 0 Å². The summed E-state index contributed by atoms with van der Waals surface area (Å²) in [5, 5.41) is 0. The van der Waals surface area contributed by atoms with E-state index in [1.807, 2.05) is 4.90 Å². The van der Waals surface area contributed by atoms with Crippen molar-refractivity contribution in [2.24, 2.45) is 5.92 Å². The molecule has 0 bridgehead atoms. The van der Waals surface area contributed by atoms with Crippen LogP contribution in [0.1, 0.15) is 27.2 Å². The molecule has 1 aliphatic rings. The molecule has 1 atom stereocenters. The number of likely N-dealkylation sites (tertiary alicyclic amines) is 1. The van der Waals surface area contributed by atoms with Gasteiger partial charge in [-0.05, 0) is 32.7 Å². The quantitative estimate of drug-likeness (QED) is 0.528. The normalized spacial score (nSPS) is 20.6. The van der Waals surface area contributed by atoms with Crippen LogP contribution in [0.25, 0.3) is 0 Å². The van der Waals surface area contributed by atoms with E-state index in [0.717, 1.165) is 19.5 Å². The Labute approximate surface area is 102 Å². The molecule has 0 radical (unpaired) electrons. The molecule has 0 aromatic carbocycles. The van der Waals surface area contributed by atoms with Crippen molar-refractivity contribution in [3.05, 3.63) is 0 Å². The first-order valence-electron chi connectivity index (χ1n) is 6.17. The summed E-state index contributed by atoms with van der Waals surface area (Å²) in [7, 11) is 0. The van der Waals surface area contributed by atoms with Crippen molar-refractivity contribution in [1.82, 2.24) is 4.90 Å². The Hall–Kier alpha value is -1.10. The van der Waals surface area contributed by atoms with Gasteiger partial charge in [0.25, 0.3) is 0 Å². The van der Waals surface area contributed by atoms with Gasteiger partial charge in [0.05, 0.1) is 13.2 Å². The van der Waals surface area contributed by atoms with E-state index in [-0.39, 0.29) is 13.2 Å². The number of hydrogen-bond acceptors (Lipinski definition) is 5. The zero-order valence-corrected chi connectivity index (χ0v) is 10.8. The molecule has 0 aromatic rings. The molecule has 0 saturated carbocycles. The number of carbonyl (C=O) groups excluding carboxylic acids is 2. The van der Waals surface area contributed by atoms with Gasteiger partial charge in [-0.2, -0.15) is 0 Å². The molecule has 5 nitrogen and oxygen atoms in total. The van der Waals surface area contributed by atoms with Crippen LogP contribution in [0, 0.1) is 5.92 Å². The van der Waals surface area contributed by atoms with E-state index in [1.165, 1.54) is 0 Å². The molecule has 5 heteroatoms. The maximum atomic E-state index is 11.8. The van der Waals surface area contributed by atoms with Crippen LogP contribution >= 0.6 is 0 Å². The van der Waals surface area contributed by atoms with Crippen LogP contribution in [0.2, 0.25) is 0 Å². The largest absolute Gasteiger partial charge is 0.464 e. The van der Waals surface area contributed by atoms with E-state index in [0.29, 0.717) is 5.92 Å². The predicted octanol–water partition coefficient (Wildman–Crippen LogP) is 0.823. The molecule has 0 aliphatic carbocycles. The van der Waals surface area contributed by atoms with Gasteiger partial charge in [-0.1, -0.05) is 6.92 Å². The Kier molecular flexibility index (Phi) is 5.41. The minimum absolute atomic E-state index is 0.276. The molecule has 0 amide bonds. The van der Waals surface area contributed by atoms with Gasteiger partial charge in [0.1, 0.15) is 0 Å². The first kappa shape index (κ1) is 14.0. The van der Waals surface area contributed by atoms with Crippen molar-refractivity contribution < 1.29 is 19.1 Å². The van der Waals surface area contributed by atoms with Crippen LogP contribution in [-0.4, -0.2) is 49.2 Å². The second kappa shape index (κ2) is 6.59. The molecule has 0 spiro atoms. The lowest BCUT2D eigenvalue weighted by atomic mass is 10.2.